The van der Waals surface area contributed by atoms with Gasteiger partial charge in [0.25, 0.3) is 20.1 Å². The molecule has 1 saturated heterocycles. The number of aromatic amines is 2. The van der Waals surface area contributed by atoms with Crippen molar-refractivity contribution in [2.75, 3.05) is 23.4 Å². The molecule has 2 amide bonds. The van der Waals surface area contributed by atoms with E-state index < -0.39 is 86.6 Å². The van der Waals surface area contributed by atoms with Crippen molar-refractivity contribution in [2.45, 2.75) is 96.7 Å². The SMILES string of the molecule is CC(=O)OC[C@H]1O[C@@H](Oc2cc3c(c4ccccc24)CC(O[Si](c2ccccc2)(c2ccccc2)C(C)(C)C)CN3C(=O)c2cc3cc(NC(=O)c4cc5ccccc5[nH]4)ccc3[nH]2)[C@H](OC(C)=O)[C@@H](OC(C)=O)[C@H]1OC(C)=O. The van der Waals surface area contributed by atoms with E-state index in [2.05, 4.69) is 60.3 Å². The first-order valence-electron chi connectivity index (χ1n) is 26.0. The van der Waals surface area contributed by atoms with Crippen molar-refractivity contribution >= 4 is 98.3 Å². The van der Waals surface area contributed by atoms with E-state index in [1.54, 1.807) is 41.3 Å². The Labute approximate surface area is 456 Å². The molecule has 17 nitrogen and oxygen atoms in total. The first kappa shape index (κ1) is 53.8. The van der Waals surface area contributed by atoms with Crippen molar-refractivity contribution in [1.82, 2.24) is 9.97 Å². The quantitative estimate of drug-likeness (QED) is 0.0529. The van der Waals surface area contributed by atoms with Crippen LogP contribution < -0.4 is 25.3 Å². The number of amides is 2. The monoisotopic (exact) mass is 1080 g/mol. The van der Waals surface area contributed by atoms with E-state index >= 15 is 4.79 Å². The number of benzene rings is 6. The number of rotatable bonds is 14. The van der Waals surface area contributed by atoms with Crippen LogP contribution in [0, 0.1) is 0 Å². The Kier molecular flexibility index (Phi) is 15.0. The molecule has 18 heteroatoms. The average Bonchev–Trinajstić information content (AvgIpc) is 4.15. The summed E-state index contributed by atoms with van der Waals surface area (Å²) >= 11 is 0. The molecule has 6 atom stereocenters. The number of aromatic nitrogens is 2. The lowest BCUT2D eigenvalue weighted by Gasteiger charge is -2.47. The van der Waals surface area contributed by atoms with E-state index in [0.29, 0.717) is 45.2 Å². The smallest absolute Gasteiger partial charge is 0.303 e. The maximum atomic E-state index is 15.7. The molecule has 3 N–H and O–H groups in total. The topological polar surface area (TPSA) is 214 Å². The predicted molar refractivity (Wildman–Crippen MR) is 299 cm³/mol. The summed E-state index contributed by atoms with van der Waals surface area (Å²) in [4.78, 5) is 87.7. The molecule has 6 aromatic carbocycles. The van der Waals surface area contributed by atoms with E-state index in [0.717, 1.165) is 47.6 Å². The third kappa shape index (κ3) is 11.0. The molecule has 0 radical (unpaired) electrons. The van der Waals surface area contributed by atoms with Crippen molar-refractivity contribution < 1.29 is 61.6 Å². The van der Waals surface area contributed by atoms with E-state index in [-0.39, 0.29) is 23.9 Å². The number of nitrogens with one attached hydrogen (secondary N) is 3. The Morgan fingerprint density at radius 2 is 1.22 bits per heavy atom. The number of hydrogen-bond acceptors (Lipinski definition) is 13. The Bertz CT molecular complexity index is 3560. The van der Waals surface area contributed by atoms with Crippen LogP contribution in [0.2, 0.25) is 5.04 Å². The molecule has 2 aliphatic rings. The summed E-state index contributed by atoms with van der Waals surface area (Å²) in [6.45, 7) is 10.9. The lowest BCUT2D eigenvalue weighted by molar-refractivity contribution is -0.288. The highest BCUT2D eigenvalue weighted by Crippen LogP contribution is 2.45. The number of carbonyl (C=O) groups is 6. The van der Waals surface area contributed by atoms with Crippen LogP contribution in [0.5, 0.6) is 5.75 Å². The molecule has 1 fully saturated rings. The second-order valence-corrected chi connectivity index (χ2v) is 25.1. The van der Waals surface area contributed by atoms with Gasteiger partial charge in [-0.2, -0.15) is 0 Å². The van der Waals surface area contributed by atoms with Gasteiger partial charge in [-0.05, 0) is 62.8 Å². The fraction of sp³-hybridized carbons (Fsp3) is 0.279. The van der Waals surface area contributed by atoms with Crippen LogP contribution in [0.25, 0.3) is 32.6 Å². The number of H-pyrrole nitrogens is 2. The molecule has 2 aliphatic heterocycles. The summed E-state index contributed by atoms with van der Waals surface area (Å²) in [7, 11) is -3.23. The highest BCUT2D eigenvalue weighted by molar-refractivity contribution is 6.99. The van der Waals surface area contributed by atoms with Gasteiger partial charge in [-0.25, -0.2) is 0 Å². The van der Waals surface area contributed by atoms with Gasteiger partial charge in [0, 0.05) is 73.1 Å². The fourth-order valence-electron chi connectivity index (χ4n) is 11.0. The fourth-order valence-corrected chi connectivity index (χ4v) is 15.7. The van der Waals surface area contributed by atoms with Crippen molar-refractivity contribution in [3.63, 3.8) is 0 Å². The third-order valence-electron chi connectivity index (χ3n) is 14.3. The van der Waals surface area contributed by atoms with Gasteiger partial charge < -0.3 is 53.0 Å². The normalized spacial score (nSPS) is 19.3. The van der Waals surface area contributed by atoms with Crippen LogP contribution in [-0.2, 0) is 53.7 Å². The average molecular weight is 1090 g/mol. The molecule has 406 valence electrons. The van der Waals surface area contributed by atoms with E-state index in [1.807, 2.05) is 84.9 Å². The summed E-state index contributed by atoms with van der Waals surface area (Å²) in [5.41, 5.74) is 3.92. The third-order valence-corrected chi connectivity index (χ3v) is 19.4. The molecule has 10 rings (SSSR count). The number of anilines is 2. The lowest BCUT2D eigenvalue weighted by Crippen LogP contribution is -2.68. The van der Waals surface area contributed by atoms with Crippen LogP contribution in [0.4, 0.5) is 11.4 Å². The number of hydrogen-bond donors (Lipinski definition) is 3. The van der Waals surface area contributed by atoms with Gasteiger partial charge in [-0.15, -0.1) is 0 Å². The Hall–Kier alpha value is -8.58. The van der Waals surface area contributed by atoms with Crippen molar-refractivity contribution in [2.24, 2.45) is 0 Å². The number of ether oxygens (including phenoxy) is 6. The summed E-state index contributed by atoms with van der Waals surface area (Å²) in [5.74, 6) is -3.56. The van der Waals surface area contributed by atoms with Gasteiger partial charge in [-0.1, -0.05) is 124 Å². The summed E-state index contributed by atoms with van der Waals surface area (Å²) in [6, 6.07) is 46.3. The van der Waals surface area contributed by atoms with Crippen LogP contribution in [0.15, 0.2) is 146 Å². The first-order valence-corrected chi connectivity index (χ1v) is 27.9. The summed E-state index contributed by atoms with van der Waals surface area (Å²) in [5, 5.41) is 7.58. The Balaban J connectivity index is 1.09. The minimum atomic E-state index is -3.23. The number of esters is 4. The zero-order chi connectivity index (χ0) is 55.8. The lowest BCUT2D eigenvalue weighted by atomic mass is 9.92. The number of carbonyl (C=O) groups excluding carboxylic acids is 6. The number of fused-ring (bicyclic) bond motifs is 5. The zero-order valence-electron chi connectivity index (χ0n) is 44.7. The second kappa shape index (κ2) is 22.0. The van der Waals surface area contributed by atoms with Gasteiger partial charge in [0.05, 0.1) is 18.3 Å². The molecular weight excluding hydrogens is 1020 g/mol. The van der Waals surface area contributed by atoms with Crippen LogP contribution >= 0.6 is 0 Å². The molecule has 2 aromatic heterocycles. The molecule has 79 heavy (non-hydrogen) atoms. The molecule has 4 heterocycles. The van der Waals surface area contributed by atoms with Gasteiger partial charge in [0.2, 0.25) is 12.4 Å². The zero-order valence-corrected chi connectivity index (χ0v) is 45.7. The molecule has 0 spiro atoms. The van der Waals surface area contributed by atoms with Crippen molar-refractivity contribution in [3.8, 4) is 5.75 Å². The molecule has 0 bridgehead atoms. The highest BCUT2D eigenvalue weighted by atomic mass is 28.4. The van der Waals surface area contributed by atoms with Gasteiger partial charge in [-0.3, -0.25) is 28.8 Å². The molecular formula is C61H60N4O13Si. The van der Waals surface area contributed by atoms with E-state index in [1.165, 1.54) is 6.92 Å². The Morgan fingerprint density at radius 3 is 1.86 bits per heavy atom. The molecule has 0 aliphatic carbocycles. The molecule has 0 saturated carbocycles. The van der Waals surface area contributed by atoms with E-state index in [4.69, 9.17) is 32.8 Å². The largest absolute Gasteiger partial charge is 0.463 e. The standard InChI is InChI=1S/C61H60N4O13Si/c1-35(66)72-34-54-55(73-36(2)67)56(74-37(3)68)57(75-38(4)69)60(77-54)76-53-32-52-47(45-23-15-16-24-46(45)53)31-42(78-79(61(5,6)7,43-19-10-8-11-20-43)44-21-12-9-13-22-44)33-65(52)59(71)51-30-40-28-41(26-27-49(40)64-51)62-58(70)50-29-39-18-14-17-25-48(39)63-50/h8-30,32,42,54-57,60,63-64H,31,33-34H2,1-7H3,(H,62,70)/t42?,54-,55+,56+,57-,60-/m1/s1. The van der Waals surface area contributed by atoms with Gasteiger partial charge in [0.1, 0.15) is 29.8 Å². The maximum absolute atomic E-state index is 15.7. The molecule has 8 aromatic rings. The Morgan fingerprint density at radius 1 is 0.633 bits per heavy atom. The van der Waals surface area contributed by atoms with E-state index in [9.17, 15) is 24.0 Å². The maximum Gasteiger partial charge on any atom is 0.303 e. The van der Waals surface area contributed by atoms with Crippen LogP contribution in [-0.4, -0.2) is 104 Å². The van der Waals surface area contributed by atoms with Crippen molar-refractivity contribution in [3.05, 3.63) is 163 Å². The van der Waals surface area contributed by atoms with Crippen LogP contribution in [0.3, 0.4) is 0 Å². The van der Waals surface area contributed by atoms with Gasteiger partial charge >= 0.3 is 23.9 Å². The predicted octanol–water partition coefficient (Wildman–Crippen LogP) is 8.66. The molecule has 1 unspecified atom stereocenters. The van der Waals surface area contributed by atoms with Crippen LogP contribution in [0.1, 0.15) is 75.0 Å². The number of nitrogens with zero attached hydrogens (tertiary/aromatic N) is 1. The minimum Gasteiger partial charge on any atom is -0.463 e. The second-order valence-electron chi connectivity index (χ2n) is 20.8. The summed E-state index contributed by atoms with van der Waals surface area (Å²) < 4.78 is 43.6. The van der Waals surface area contributed by atoms with Crippen molar-refractivity contribution in [1.29, 1.82) is 0 Å². The summed E-state index contributed by atoms with van der Waals surface area (Å²) in [6.07, 6.45) is -7.46. The van der Waals surface area contributed by atoms with Gasteiger partial charge in [0.15, 0.2) is 12.2 Å². The first-order chi connectivity index (χ1) is 37.9. The highest BCUT2D eigenvalue weighted by Gasteiger charge is 2.55. The number of para-hydroxylation sites is 1. The minimum absolute atomic E-state index is 0.0916.